The summed E-state index contributed by atoms with van der Waals surface area (Å²) in [5, 5.41) is 6.18. The molecule has 42 heavy (non-hydrogen) atoms. The number of urea groups is 1. The van der Waals surface area contributed by atoms with Gasteiger partial charge in [-0.15, -0.1) is 0 Å². The van der Waals surface area contributed by atoms with Crippen molar-refractivity contribution in [2.24, 2.45) is 0 Å². The van der Waals surface area contributed by atoms with Crippen molar-refractivity contribution in [3.8, 4) is 22.8 Å². The van der Waals surface area contributed by atoms with Crippen molar-refractivity contribution in [2.45, 2.75) is 6.54 Å². The van der Waals surface area contributed by atoms with E-state index in [2.05, 4.69) is 43.1 Å². The van der Waals surface area contributed by atoms with Gasteiger partial charge in [-0.2, -0.15) is 0 Å². The normalized spacial score (nSPS) is 16.5. The number of Topliss-reactive ketones (excluding diaryl/α,β-unsaturated/α-hetero) is 1. The molecular weight excluding hydrogens is 532 g/mol. The largest absolute Gasteiger partial charge is 0.497 e. The third kappa shape index (κ3) is 5.34. The summed E-state index contributed by atoms with van der Waals surface area (Å²) in [4.78, 5) is 34.7. The Bertz CT molecular complexity index is 1670. The number of nitrogens with one attached hydrogen (secondary N) is 2. The van der Waals surface area contributed by atoms with Gasteiger partial charge in [-0.25, -0.2) is 4.79 Å². The highest BCUT2D eigenvalue weighted by Crippen LogP contribution is 2.40. The van der Waals surface area contributed by atoms with Gasteiger partial charge in [0.2, 0.25) is 5.78 Å². The van der Waals surface area contributed by atoms with E-state index in [0.717, 1.165) is 72.7 Å². The zero-order chi connectivity index (χ0) is 29.2. The number of nitrogens with zero attached hydrogens (tertiary/aromatic N) is 4. The molecule has 2 aromatic carbocycles. The SMILES string of the molecule is CNC(=O)Nc1ccc2c(c1)C(=O)/C(=C/c1c(-c3cccnc3)n(CCN3CCN(C)CC3)c3ccc(OC)cc13)O2. The maximum atomic E-state index is 13.6. The Balaban J connectivity index is 1.45. The van der Waals surface area contributed by atoms with Gasteiger partial charge in [0.1, 0.15) is 11.5 Å². The van der Waals surface area contributed by atoms with Crippen molar-refractivity contribution in [2.75, 3.05) is 59.2 Å². The number of piperazine rings is 1. The van der Waals surface area contributed by atoms with Crippen molar-refractivity contribution in [3.05, 3.63) is 77.8 Å². The first-order valence-corrected chi connectivity index (χ1v) is 14.0. The van der Waals surface area contributed by atoms with E-state index in [1.54, 1.807) is 31.5 Å². The molecule has 0 saturated carbocycles. The minimum absolute atomic E-state index is 0.216. The lowest BCUT2D eigenvalue weighted by Crippen LogP contribution is -2.45. The lowest BCUT2D eigenvalue weighted by molar-refractivity contribution is 0.101. The van der Waals surface area contributed by atoms with E-state index < -0.39 is 0 Å². The maximum absolute atomic E-state index is 13.6. The average molecular weight is 567 g/mol. The van der Waals surface area contributed by atoms with Gasteiger partial charge in [0.05, 0.1) is 18.4 Å². The highest BCUT2D eigenvalue weighted by Gasteiger charge is 2.30. The van der Waals surface area contributed by atoms with E-state index in [1.807, 2.05) is 36.5 Å². The van der Waals surface area contributed by atoms with Crippen LogP contribution in [-0.2, 0) is 6.54 Å². The van der Waals surface area contributed by atoms with E-state index in [-0.39, 0.29) is 17.6 Å². The molecule has 0 aliphatic carbocycles. The van der Waals surface area contributed by atoms with Gasteiger partial charge in [-0.05, 0) is 61.7 Å². The summed E-state index contributed by atoms with van der Waals surface area (Å²) in [6.07, 6.45) is 5.43. The van der Waals surface area contributed by atoms with Gasteiger partial charge in [0.15, 0.2) is 5.76 Å². The van der Waals surface area contributed by atoms with Crippen LogP contribution in [-0.4, -0.2) is 85.1 Å². The number of ketones is 1. The molecule has 0 unspecified atom stereocenters. The van der Waals surface area contributed by atoms with E-state index in [1.165, 1.54) is 7.05 Å². The summed E-state index contributed by atoms with van der Waals surface area (Å²) in [6.45, 7) is 5.83. The van der Waals surface area contributed by atoms with Crippen molar-refractivity contribution in [1.29, 1.82) is 0 Å². The predicted octanol–water partition coefficient (Wildman–Crippen LogP) is 4.33. The van der Waals surface area contributed by atoms with Crippen LogP contribution in [0.1, 0.15) is 15.9 Å². The van der Waals surface area contributed by atoms with Crippen LogP contribution in [0, 0.1) is 0 Å². The minimum atomic E-state index is -0.364. The molecule has 2 N–H and O–H groups in total. The molecule has 4 aromatic rings. The summed E-state index contributed by atoms with van der Waals surface area (Å²) in [6, 6.07) is 14.7. The van der Waals surface area contributed by atoms with Crippen LogP contribution < -0.4 is 20.1 Å². The zero-order valence-electron chi connectivity index (χ0n) is 24.0. The van der Waals surface area contributed by atoms with Crippen LogP contribution in [0.3, 0.4) is 0 Å². The van der Waals surface area contributed by atoms with Gasteiger partial charge in [-0.1, -0.05) is 0 Å². The lowest BCUT2D eigenvalue weighted by atomic mass is 10.0. The molecule has 1 fully saturated rings. The number of amides is 2. The number of hydrogen-bond donors (Lipinski definition) is 2. The molecule has 0 atom stereocenters. The van der Waals surface area contributed by atoms with Crippen LogP contribution in [0.2, 0.25) is 0 Å². The van der Waals surface area contributed by atoms with Gasteiger partial charge >= 0.3 is 6.03 Å². The molecule has 2 aliphatic heterocycles. The number of allylic oxidation sites excluding steroid dienone is 1. The standard InChI is InChI=1S/C32H34N6O4/c1-33-32(40)35-22-6-9-28-26(17-22)31(39)29(42-28)19-25-24-18-23(41-3)7-8-27(24)38(30(25)21-5-4-10-34-20-21)16-15-37-13-11-36(2)12-14-37/h4-10,17-20H,11-16H2,1-3H3,(H2,33,35,40)/b29-19-. The van der Waals surface area contributed by atoms with E-state index in [0.29, 0.717) is 17.0 Å². The number of aromatic nitrogens is 2. The summed E-state index contributed by atoms with van der Waals surface area (Å²) >= 11 is 0. The number of ether oxygens (including phenoxy) is 2. The van der Waals surface area contributed by atoms with Gasteiger partial charge < -0.3 is 29.6 Å². The van der Waals surface area contributed by atoms with Crippen LogP contribution >= 0.6 is 0 Å². The number of pyridine rings is 1. The Kier molecular flexibility index (Phi) is 7.64. The smallest absolute Gasteiger partial charge is 0.318 e. The number of methoxy groups -OCH3 is 1. The van der Waals surface area contributed by atoms with E-state index in [4.69, 9.17) is 9.47 Å². The van der Waals surface area contributed by atoms with Crippen molar-refractivity contribution in [3.63, 3.8) is 0 Å². The van der Waals surface area contributed by atoms with E-state index in [9.17, 15) is 9.59 Å². The van der Waals surface area contributed by atoms with Crippen LogP contribution in [0.5, 0.6) is 11.5 Å². The summed E-state index contributed by atoms with van der Waals surface area (Å²) in [7, 11) is 5.35. The van der Waals surface area contributed by atoms with Gasteiger partial charge in [0, 0.05) is 86.4 Å². The first-order valence-electron chi connectivity index (χ1n) is 14.0. The Morgan fingerprint density at radius 2 is 1.93 bits per heavy atom. The fourth-order valence-electron chi connectivity index (χ4n) is 5.58. The molecule has 0 spiro atoms. The van der Waals surface area contributed by atoms with Crippen molar-refractivity contribution >= 4 is 34.5 Å². The molecule has 216 valence electrons. The molecule has 10 heteroatoms. The second-order valence-corrected chi connectivity index (χ2v) is 10.5. The molecule has 2 aromatic heterocycles. The Morgan fingerprint density at radius 3 is 2.67 bits per heavy atom. The van der Waals surface area contributed by atoms with Gasteiger partial charge in [0.25, 0.3) is 0 Å². The summed E-state index contributed by atoms with van der Waals surface area (Å²) < 4.78 is 14.0. The van der Waals surface area contributed by atoms with Crippen molar-refractivity contribution < 1.29 is 19.1 Å². The quantitative estimate of drug-likeness (QED) is 0.321. The molecule has 2 amide bonds. The third-order valence-corrected chi connectivity index (χ3v) is 7.91. The molecule has 10 nitrogen and oxygen atoms in total. The number of benzene rings is 2. The average Bonchev–Trinajstić information content (AvgIpc) is 3.50. The number of anilines is 1. The van der Waals surface area contributed by atoms with Gasteiger partial charge in [-0.3, -0.25) is 14.7 Å². The lowest BCUT2D eigenvalue weighted by Gasteiger charge is -2.32. The minimum Gasteiger partial charge on any atom is -0.497 e. The van der Waals surface area contributed by atoms with E-state index >= 15 is 0 Å². The first-order chi connectivity index (χ1) is 20.4. The molecule has 6 rings (SSSR count). The number of carbonyl (C=O) groups excluding carboxylic acids is 2. The van der Waals surface area contributed by atoms with Crippen LogP contribution in [0.4, 0.5) is 10.5 Å². The molecule has 0 bridgehead atoms. The molecule has 0 radical (unpaired) electrons. The maximum Gasteiger partial charge on any atom is 0.318 e. The molecule has 1 saturated heterocycles. The number of hydrogen-bond acceptors (Lipinski definition) is 7. The molecular formula is C32H34N6O4. The highest BCUT2D eigenvalue weighted by molar-refractivity contribution is 6.16. The number of fused-ring (bicyclic) bond motifs is 2. The zero-order valence-corrected chi connectivity index (χ0v) is 24.0. The third-order valence-electron chi connectivity index (χ3n) is 7.91. The second kappa shape index (κ2) is 11.7. The first kappa shape index (κ1) is 27.5. The van der Waals surface area contributed by atoms with Crippen LogP contribution in [0.15, 0.2) is 66.7 Å². The Labute approximate surface area is 244 Å². The number of likely N-dealkylation sites (N-methyl/N-ethyl adjacent to an activating group) is 1. The monoisotopic (exact) mass is 566 g/mol. The number of carbonyl (C=O) groups is 2. The fraction of sp³-hybridized carbons (Fsp3) is 0.281. The second-order valence-electron chi connectivity index (χ2n) is 10.5. The Hall–Kier alpha value is -4.67. The van der Waals surface area contributed by atoms with Crippen LogP contribution in [0.25, 0.3) is 28.2 Å². The topological polar surface area (TPSA) is 101 Å². The summed E-state index contributed by atoms with van der Waals surface area (Å²) in [5.74, 6) is 1.15. The predicted molar refractivity (Wildman–Crippen MR) is 163 cm³/mol. The number of rotatable bonds is 7. The molecule has 2 aliphatic rings. The highest BCUT2D eigenvalue weighted by atomic mass is 16.5. The summed E-state index contributed by atoms with van der Waals surface area (Å²) in [5.41, 5.74) is 4.70. The molecule has 4 heterocycles. The van der Waals surface area contributed by atoms with Crippen molar-refractivity contribution in [1.82, 2.24) is 24.7 Å². The fourth-order valence-corrected chi connectivity index (χ4v) is 5.58. The Morgan fingerprint density at radius 1 is 1.10 bits per heavy atom.